The van der Waals surface area contributed by atoms with Crippen molar-refractivity contribution in [3.63, 3.8) is 0 Å². The van der Waals surface area contributed by atoms with Gasteiger partial charge in [0.15, 0.2) is 0 Å². The van der Waals surface area contributed by atoms with Crippen molar-refractivity contribution < 1.29 is 4.92 Å². The predicted molar refractivity (Wildman–Crippen MR) is 69.6 cm³/mol. The van der Waals surface area contributed by atoms with Crippen molar-refractivity contribution in [2.45, 2.75) is 25.8 Å². The number of hydrogen-bond acceptors (Lipinski definition) is 5. The van der Waals surface area contributed by atoms with Crippen LogP contribution < -0.4 is 10.6 Å². The summed E-state index contributed by atoms with van der Waals surface area (Å²) in [6, 6.07) is 1.79. The summed E-state index contributed by atoms with van der Waals surface area (Å²) in [5.74, 6) is 0.962. The number of aromatic nitrogens is 1. The predicted octanol–water partition coefficient (Wildman–Crippen LogP) is 1.47. The Hall–Kier alpha value is -1.69. The second-order valence-corrected chi connectivity index (χ2v) is 4.81. The Balaban J connectivity index is 2.37. The Morgan fingerprint density at radius 3 is 2.83 bits per heavy atom. The third-order valence-corrected chi connectivity index (χ3v) is 3.53. The van der Waals surface area contributed by atoms with Gasteiger partial charge in [-0.05, 0) is 31.7 Å². The molecular weight excluding hydrogens is 232 g/mol. The molecule has 98 valence electrons. The lowest BCUT2D eigenvalue weighted by atomic mass is 10.1. The maximum Gasteiger partial charge on any atom is 0.314 e. The van der Waals surface area contributed by atoms with Crippen LogP contribution in [0.4, 0.5) is 11.5 Å². The van der Waals surface area contributed by atoms with E-state index in [0.29, 0.717) is 23.8 Å². The van der Waals surface area contributed by atoms with Crippen LogP contribution in [-0.4, -0.2) is 29.5 Å². The van der Waals surface area contributed by atoms with Gasteiger partial charge in [0.05, 0.1) is 4.92 Å². The fourth-order valence-corrected chi connectivity index (χ4v) is 2.32. The largest absolute Gasteiger partial charge is 0.349 e. The van der Waals surface area contributed by atoms with E-state index in [2.05, 4.69) is 4.98 Å². The third-order valence-electron chi connectivity index (χ3n) is 3.53. The molecular formula is C12H18N4O2. The molecule has 6 nitrogen and oxygen atoms in total. The zero-order chi connectivity index (χ0) is 13.3. The van der Waals surface area contributed by atoms with Gasteiger partial charge in [0.2, 0.25) is 5.82 Å². The van der Waals surface area contributed by atoms with Crippen LogP contribution in [0.1, 0.15) is 18.4 Å². The molecule has 0 radical (unpaired) electrons. The summed E-state index contributed by atoms with van der Waals surface area (Å²) in [7, 11) is 1.84. The molecule has 0 amide bonds. The number of hydrogen-bond donors (Lipinski definition) is 1. The monoisotopic (exact) mass is 250 g/mol. The summed E-state index contributed by atoms with van der Waals surface area (Å²) in [4.78, 5) is 16.8. The van der Waals surface area contributed by atoms with Gasteiger partial charge in [0, 0.05) is 31.4 Å². The molecule has 0 bridgehead atoms. The van der Waals surface area contributed by atoms with Crippen LogP contribution in [0.25, 0.3) is 0 Å². The summed E-state index contributed by atoms with van der Waals surface area (Å²) in [5, 5.41) is 11.2. The van der Waals surface area contributed by atoms with E-state index in [1.165, 1.54) is 0 Å². The lowest BCUT2D eigenvalue weighted by Crippen LogP contribution is -2.40. The van der Waals surface area contributed by atoms with Gasteiger partial charge >= 0.3 is 5.69 Å². The highest BCUT2D eigenvalue weighted by atomic mass is 16.6. The van der Waals surface area contributed by atoms with Crippen LogP contribution in [0, 0.1) is 23.0 Å². The van der Waals surface area contributed by atoms with E-state index in [-0.39, 0.29) is 16.7 Å². The van der Waals surface area contributed by atoms with Crippen LogP contribution in [0.15, 0.2) is 12.3 Å². The molecule has 0 saturated heterocycles. The fraction of sp³-hybridized carbons (Fsp3) is 0.583. The minimum absolute atomic E-state index is 0.0825. The SMILES string of the molecule is Cc1ccnc(N(C)C(CN)C2CC2)c1[N+](=O)[O-]. The summed E-state index contributed by atoms with van der Waals surface area (Å²) in [5.41, 5.74) is 6.49. The third kappa shape index (κ3) is 2.28. The number of nitrogens with zero attached hydrogens (tertiary/aromatic N) is 3. The van der Waals surface area contributed by atoms with E-state index in [0.717, 1.165) is 12.8 Å². The zero-order valence-corrected chi connectivity index (χ0v) is 10.7. The van der Waals surface area contributed by atoms with Gasteiger partial charge in [0.1, 0.15) is 0 Å². The minimum Gasteiger partial charge on any atom is -0.349 e. The molecule has 1 unspecified atom stereocenters. The second kappa shape index (κ2) is 4.89. The van der Waals surface area contributed by atoms with Crippen molar-refractivity contribution in [2.24, 2.45) is 11.7 Å². The number of anilines is 1. The quantitative estimate of drug-likeness (QED) is 0.631. The standard InChI is InChI=1S/C12H18N4O2/c1-8-5-6-14-12(11(8)16(17)18)15(2)10(7-13)9-3-4-9/h5-6,9-10H,3-4,7,13H2,1-2H3. The number of likely N-dealkylation sites (N-methyl/N-ethyl adjacent to an activating group) is 1. The van der Waals surface area contributed by atoms with Gasteiger partial charge < -0.3 is 10.6 Å². The van der Waals surface area contributed by atoms with Crippen LogP contribution >= 0.6 is 0 Å². The molecule has 1 aromatic rings. The smallest absolute Gasteiger partial charge is 0.314 e. The molecule has 1 aliphatic rings. The first-order valence-corrected chi connectivity index (χ1v) is 6.09. The molecule has 2 N–H and O–H groups in total. The molecule has 1 aromatic heterocycles. The van der Waals surface area contributed by atoms with Crippen molar-refractivity contribution in [2.75, 3.05) is 18.5 Å². The number of rotatable bonds is 5. The van der Waals surface area contributed by atoms with Crippen LogP contribution in [0.3, 0.4) is 0 Å². The number of nitro groups is 1. The van der Waals surface area contributed by atoms with Crippen LogP contribution in [0.2, 0.25) is 0 Å². The number of aryl methyl sites for hydroxylation is 1. The highest BCUT2D eigenvalue weighted by Gasteiger charge is 2.35. The molecule has 0 aromatic carbocycles. The summed E-state index contributed by atoms with van der Waals surface area (Å²) >= 11 is 0. The maximum atomic E-state index is 11.2. The van der Waals surface area contributed by atoms with Crippen molar-refractivity contribution in [1.29, 1.82) is 0 Å². The molecule has 1 atom stereocenters. The minimum atomic E-state index is -0.366. The van der Waals surface area contributed by atoms with Gasteiger partial charge in [-0.25, -0.2) is 4.98 Å². The summed E-state index contributed by atoms with van der Waals surface area (Å²) < 4.78 is 0. The first-order valence-electron chi connectivity index (χ1n) is 6.09. The molecule has 0 spiro atoms. The normalized spacial score (nSPS) is 16.4. The Morgan fingerprint density at radius 1 is 1.67 bits per heavy atom. The summed E-state index contributed by atoms with van der Waals surface area (Å²) in [6.45, 7) is 2.22. The lowest BCUT2D eigenvalue weighted by Gasteiger charge is -2.27. The van der Waals surface area contributed by atoms with Crippen molar-refractivity contribution in [1.82, 2.24) is 4.98 Å². The molecule has 1 fully saturated rings. The first kappa shape index (κ1) is 12.8. The first-order chi connectivity index (χ1) is 8.56. The van der Waals surface area contributed by atoms with Gasteiger partial charge in [-0.15, -0.1) is 0 Å². The van der Waals surface area contributed by atoms with E-state index in [4.69, 9.17) is 5.73 Å². The number of nitrogens with two attached hydrogens (primary N) is 1. The Labute approximate surface area is 106 Å². The Bertz CT molecular complexity index is 459. The molecule has 1 aliphatic carbocycles. The topological polar surface area (TPSA) is 85.3 Å². The van der Waals surface area contributed by atoms with Crippen molar-refractivity contribution in [3.8, 4) is 0 Å². The van der Waals surface area contributed by atoms with Crippen LogP contribution in [0.5, 0.6) is 0 Å². The molecule has 1 saturated carbocycles. The highest BCUT2D eigenvalue weighted by Crippen LogP contribution is 2.38. The average Bonchev–Trinajstić information content (AvgIpc) is 3.13. The average molecular weight is 250 g/mol. The molecule has 6 heteroatoms. The van der Waals surface area contributed by atoms with Gasteiger partial charge in [-0.3, -0.25) is 10.1 Å². The van der Waals surface area contributed by atoms with E-state index >= 15 is 0 Å². The summed E-state index contributed by atoms with van der Waals surface area (Å²) in [6.07, 6.45) is 3.90. The van der Waals surface area contributed by atoms with Crippen LogP contribution in [-0.2, 0) is 0 Å². The fourth-order valence-electron chi connectivity index (χ4n) is 2.32. The Morgan fingerprint density at radius 2 is 2.33 bits per heavy atom. The van der Waals surface area contributed by atoms with E-state index < -0.39 is 0 Å². The molecule has 1 heterocycles. The number of pyridine rings is 1. The maximum absolute atomic E-state index is 11.2. The lowest BCUT2D eigenvalue weighted by molar-refractivity contribution is -0.384. The van der Waals surface area contributed by atoms with E-state index in [1.807, 2.05) is 11.9 Å². The molecule has 2 rings (SSSR count). The van der Waals surface area contributed by atoms with E-state index in [1.54, 1.807) is 19.2 Å². The van der Waals surface area contributed by atoms with E-state index in [9.17, 15) is 10.1 Å². The molecule has 0 aliphatic heterocycles. The van der Waals surface area contributed by atoms with Gasteiger partial charge in [0.25, 0.3) is 0 Å². The highest BCUT2D eigenvalue weighted by molar-refractivity contribution is 5.61. The van der Waals surface area contributed by atoms with Gasteiger partial charge in [-0.2, -0.15) is 0 Å². The zero-order valence-electron chi connectivity index (χ0n) is 10.7. The van der Waals surface area contributed by atoms with Gasteiger partial charge in [-0.1, -0.05) is 0 Å². The van der Waals surface area contributed by atoms with Crippen molar-refractivity contribution >= 4 is 11.5 Å². The molecule has 18 heavy (non-hydrogen) atoms. The van der Waals surface area contributed by atoms with Crippen molar-refractivity contribution in [3.05, 3.63) is 27.9 Å². The second-order valence-electron chi connectivity index (χ2n) is 4.81. The Kier molecular flexibility index (Phi) is 3.47.